The lowest BCUT2D eigenvalue weighted by atomic mass is 10.2. The van der Waals surface area contributed by atoms with E-state index in [0.29, 0.717) is 15.8 Å². The number of halogens is 1. The van der Waals surface area contributed by atoms with Gasteiger partial charge in [-0.15, -0.1) is 11.3 Å². The third kappa shape index (κ3) is 4.03. The number of hydrogen-bond acceptors (Lipinski definition) is 6. The molecule has 8 nitrogen and oxygen atoms in total. The van der Waals surface area contributed by atoms with Crippen LogP contribution in [0.3, 0.4) is 0 Å². The van der Waals surface area contributed by atoms with E-state index in [1.54, 1.807) is 24.0 Å². The van der Waals surface area contributed by atoms with Gasteiger partial charge in [0, 0.05) is 43.0 Å². The molecule has 0 saturated carbocycles. The number of benzene rings is 2. The van der Waals surface area contributed by atoms with Crippen molar-refractivity contribution in [2.45, 2.75) is 11.8 Å². The fraction of sp³-hybridized carbons (Fsp3) is 0.250. The number of carbonyl (C=O) groups excluding carboxylic acids is 1. The van der Waals surface area contributed by atoms with E-state index in [4.69, 9.17) is 0 Å². The molecular weight excluding hydrogens is 445 g/mol. The number of nitro benzene ring substituents is 1. The molecule has 4 rings (SSSR count). The van der Waals surface area contributed by atoms with E-state index >= 15 is 0 Å². The lowest BCUT2D eigenvalue weighted by molar-refractivity contribution is -0.385. The number of sulfonamides is 1. The molecule has 2 aromatic carbocycles. The Morgan fingerprint density at radius 3 is 2.48 bits per heavy atom. The molecular formula is C20H18FN3O5S2. The fourth-order valence-corrected chi connectivity index (χ4v) is 6.20. The molecule has 0 atom stereocenters. The number of nitrogens with zero attached hydrogens (tertiary/aromatic N) is 3. The lowest BCUT2D eigenvalue weighted by Gasteiger charge is -2.34. The monoisotopic (exact) mass is 463 g/mol. The smallest absolute Gasteiger partial charge is 0.270 e. The van der Waals surface area contributed by atoms with E-state index in [0.717, 1.165) is 10.8 Å². The van der Waals surface area contributed by atoms with Crippen molar-refractivity contribution in [3.8, 4) is 0 Å². The Morgan fingerprint density at radius 2 is 1.81 bits per heavy atom. The highest BCUT2D eigenvalue weighted by Crippen LogP contribution is 2.29. The average Bonchev–Trinajstić information content (AvgIpc) is 3.16. The lowest BCUT2D eigenvalue weighted by Crippen LogP contribution is -2.50. The number of rotatable bonds is 4. The summed E-state index contributed by atoms with van der Waals surface area (Å²) in [5, 5.41) is 11.7. The van der Waals surface area contributed by atoms with Crippen molar-refractivity contribution in [2.75, 3.05) is 26.2 Å². The molecule has 162 valence electrons. The second-order valence-corrected chi connectivity index (χ2v) is 10.2. The third-order valence-corrected chi connectivity index (χ3v) is 8.36. The van der Waals surface area contributed by atoms with E-state index in [2.05, 4.69) is 0 Å². The highest BCUT2D eigenvalue weighted by atomic mass is 32.2. The van der Waals surface area contributed by atoms with Crippen molar-refractivity contribution in [1.82, 2.24) is 9.21 Å². The number of hydrogen-bond donors (Lipinski definition) is 0. The fourth-order valence-electron chi connectivity index (χ4n) is 3.53. The predicted molar refractivity (Wildman–Crippen MR) is 114 cm³/mol. The van der Waals surface area contributed by atoms with Crippen molar-refractivity contribution in [1.29, 1.82) is 0 Å². The van der Waals surface area contributed by atoms with Crippen LogP contribution in [-0.2, 0) is 10.0 Å². The number of piperazine rings is 1. The molecule has 2 heterocycles. The molecule has 31 heavy (non-hydrogen) atoms. The highest BCUT2D eigenvalue weighted by Gasteiger charge is 2.32. The van der Waals surface area contributed by atoms with Crippen LogP contribution in [0, 0.1) is 22.9 Å². The minimum Gasteiger partial charge on any atom is -0.335 e. The van der Waals surface area contributed by atoms with Crippen LogP contribution in [0.5, 0.6) is 0 Å². The number of aryl methyl sites for hydroxylation is 1. The van der Waals surface area contributed by atoms with Gasteiger partial charge in [-0.25, -0.2) is 12.8 Å². The molecule has 0 unspecified atom stereocenters. The summed E-state index contributed by atoms with van der Waals surface area (Å²) in [6.07, 6.45) is 0. The molecule has 0 aliphatic carbocycles. The van der Waals surface area contributed by atoms with Crippen LogP contribution in [0.1, 0.15) is 15.2 Å². The van der Waals surface area contributed by atoms with E-state index in [1.807, 2.05) is 0 Å². The van der Waals surface area contributed by atoms with Gasteiger partial charge < -0.3 is 4.90 Å². The number of amides is 1. The van der Waals surface area contributed by atoms with E-state index in [1.165, 1.54) is 39.9 Å². The Morgan fingerprint density at radius 1 is 1.10 bits per heavy atom. The van der Waals surface area contributed by atoms with Crippen molar-refractivity contribution in [3.63, 3.8) is 0 Å². The number of nitro groups is 1. The molecule has 1 amide bonds. The van der Waals surface area contributed by atoms with Crippen LogP contribution in [0.25, 0.3) is 10.1 Å². The summed E-state index contributed by atoms with van der Waals surface area (Å²) < 4.78 is 41.5. The van der Waals surface area contributed by atoms with Crippen LogP contribution in [0.2, 0.25) is 0 Å². The number of carbonyl (C=O) groups is 1. The molecule has 1 saturated heterocycles. The number of non-ortho nitro benzene ring substituents is 1. The third-order valence-electron chi connectivity index (χ3n) is 5.22. The van der Waals surface area contributed by atoms with Crippen LogP contribution in [0.4, 0.5) is 10.1 Å². The Bertz CT molecular complexity index is 1300. The zero-order chi connectivity index (χ0) is 22.3. The van der Waals surface area contributed by atoms with Crippen LogP contribution in [-0.4, -0.2) is 54.6 Å². The maximum atomic E-state index is 13.4. The second kappa shape index (κ2) is 7.98. The first-order valence-electron chi connectivity index (χ1n) is 9.40. The predicted octanol–water partition coefficient (Wildman–Crippen LogP) is 3.40. The zero-order valence-electron chi connectivity index (χ0n) is 16.4. The second-order valence-electron chi connectivity index (χ2n) is 7.20. The molecule has 1 aliphatic heterocycles. The maximum absolute atomic E-state index is 13.4. The Balaban J connectivity index is 1.50. The largest absolute Gasteiger partial charge is 0.335 e. The van der Waals surface area contributed by atoms with Crippen LogP contribution >= 0.6 is 11.3 Å². The Kier molecular flexibility index (Phi) is 5.50. The van der Waals surface area contributed by atoms with Crippen molar-refractivity contribution >= 4 is 43.0 Å². The van der Waals surface area contributed by atoms with Gasteiger partial charge in [-0.2, -0.15) is 4.31 Å². The van der Waals surface area contributed by atoms with Gasteiger partial charge in [-0.1, -0.05) is 6.07 Å². The van der Waals surface area contributed by atoms with Gasteiger partial charge in [-0.05, 0) is 42.1 Å². The van der Waals surface area contributed by atoms with Gasteiger partial charge in [0.25, 0.3) is 11.6 Å². The standard InChI is InChI=1S/C20H18FN3O5S2/c1-13-2-4-16(24(26)27)12-19(13)31(28,29)23-8-6-22(7-9-23)20(25)18-11-14-10-15(21)3-5-17(14)30-18/h2-5,10-12H,6-9H2,1H3. The van der Waals surface area contributed by atoms with Gasteiger partial charge in [0.2, 0.25) is 10.0 Å². The zero-order valence-corrected chi connectivity index (χ0v) is 18.1. The van der Waals surface area contributed by atoms with Crippen molar-refractivity contribution in [2.24, 2.45) is 0 Å². The van der Waals surface area contributed by atoms with Gasteiger partial charge >= 0.3 is 0 Å². The minimum atomic E-state index is -3.94. The summed E-state index contributed by atoms with van der Waals surface area (Å²) in [5.74, 6) is -0.607. The summed E-state index contributed by atoms with van der Waals surface area (Å²) in [5.41, 5.74) is 0.126. The van der Waals surface area contributed by atoms with Crippen LogP contribution in [0.15, 0.2) is 47.4 Å². The number of fused-ring (bicyclic) bond motifs is 1. The number of thiophene rings is 1. The van der Waals surface area contributed by atoms with E-state index in [9.17, 15) is 27.7 Å². The summed E-state index contributed by atoms with van der Waals surface area (Å²) in [7, 11) is -3.94. The van der Waals surface area contributed by atoms with E-state index in [-0.39, 0.29) is 48.5 Å². The van der Waals surface area contributed by atoms with Crippen LogP contribution < -0.4 is 0 Å². The molecule has 1 aromatic heterocycles. The molecule has 3 aromatic rings. The maximum Gasteiger partial charge on any atom is 0.270 e. The minimum absolute atomic E-state index is 0.0791. The SMILES string of the molecule is Cc1ccc([N+](=O)[O-])cc1S(=O)(=O)N1CCN(C(=O)c2cc3cc(F)ccc3s2)CC1. The molecule has 0 spiro atoms. The van der Waals surface area contributed by atoms with E-state index < -0.39 is 14.9 Å². The molecule has 1 fully saturated rings. The first-order valence-corrected chi connectivity index (χ1v) is 11.7. The normalized spacial score (nSPS) is 15.4. The highest BCUT2D eigenvalue weighted by molar-refractivity contribution is 7.89. The van der Waals surface area contributed by atoms with Crippen molar-refractivity contribution in [3.05, 3.63) is 68.8 Å². The van der Waals surface area contributed by atoms with Gasteiger partial charge in [0.05, 0.1) is 14.7 Å². The van der Waals surface area contributed by atoms with Gasteiger partial charge in [0.15, 0.2) is 0 Å². The average molecular weight is 464 g/mol. The van der Waals surface area contributed by atoms with Crippen molar-refractivity contribution < 1.29 is 22.5 Å². The summed E-state index contributed by atoms with van der Waals surface area (Å²) in [6.45, 7) is 2.12. The molecule has 0 radical (unpaired) electrons. The van der Waals surface area contributed by atoms with Gasteiger partial charge in [0.1, 0.15) is 5.82 Å². The summed E-state index contributed by atoms with van der Waals surface area (Å²) in [6, 6.07) is 9.72. The van der Waals surface area contributed by atoms with Gasteiger partial charge in [-0.3, -0.25) is 14.9 Å². The molecule has 11 heteroatoms. The molecule has 1 aliphatic rings. The quantitative estimate of drug-likeness (QED) is 0.436. The summed E-state index contributed by atoms with van der Waals surface area (Å²) >= 11 is 1.26. The Labute approximate surface area is 181 Å². The first-order chi connectivity index (χ1) is 14.7. The topological polar surface area (TPSA) is 101 Å². The molecule has 0 N–H and O–H groups in total. The first kappa shape index (κ1) is 21.3. The summed E-state index contributed by atoms with van der Waals surface area (Å²) in [4.78, 5) is 25.2. The molecule has 0 bridgehead atoms. The Hall–Kier alpha value is -2.89.